The summed E-state index contributed by atoms with van der Waals surface area (Å²) in [5.74, 6) is 0.963. The molecule has 0 spiro atoms. The van der Waals surface area contributed by atoms with Gasteiger partial charge in [0.05, 0.1) is 6.61 Å². The van der Waals surface area contributed by atoms with Gasteiger partial charge in [-0.2, -0.15) is 0 Å². The Hall–Kier alpha value is -1.96. The van der Waals surface area contributed by atoms with Crippen molar-refractivity contribution < 1.29 is 4.74 Å². The number of nitrogens with two attached hydrogens (primary N) is 1. The fraction of sp³-hybridized carbons (Fsp3) is 0.250. The Balaban J connectivity index is 1.96. The Bertz CT molecular complexity index is 534. The number of nitrogen functional groups attached to an aromatic ring is 1. The van der Waals surface area contributed by atoms with Gasteiger partial charge in [0.1, 0.15) is 5.75 Å². The van der Waals surface area contributed by atoms with Crippen molar-refractivity contribution in [1.82, 2.24) is 0 Å². The van der Waals surface area contributed by atoms with Gasteiger partial charge in [0.2, 0.25) is 0 Å². The molecule has 0 atom stereocenters. The smallest absolute Gasteiger partial charge is 0.122 e. The van der Waals surface area contributed by atoms with E-state index in [1.54, 1.807) is 0 Å². The quantitative estimate of drug-likeness (QED) is 0.831. The molecule has 0 saturated carbocycles. The maximum atomic E-state index is 5.90. The minimum absolute atomic E-state index is 0.651. The van der Waals surface area contributed by atoms with E-state index in [2.05, 4.69) is 32.0 Å². The van der Waals surface area contributed by atoms with Crippen molar-refractivity contribution in [2.75, 3.05) is 12.3 Å². The molecule has 94 valence electrons. The van der Waals surface area contributed by atoms with Crippen LogP contribution in [0.4, 0.5) is 5.69 Å². The predicted octanol–water partition coefficient (Wildman–Crippen LogP) is 3.51. The summed E-state index contributed by atoms with van der Waals surface area (Å²) >= 11 is 0. The van der Waals surface area contributed by atoms with E-state index < -0.39 is 0 Å². The van der Waals surface area contributed by atoms with Gasteiger partial charge < -0.3 is 10.5 Å². The topological polar surface area (TPSA) is 35.2 Å². The summed E-state index contributed by atoms with van der Waals surface area (Å²) in [6, 6.07) is 14.2. The lowest BCUT2D eigenvalue weighted by Crippen LogP contribution is -2.04. The van der Waals surface area contributed by atoms with Crippen LogP contribution in [0.1, 0.15) is 16.7 Å². The number of para-hydroxylation sites is 1. The third kappa shape index (κ3) is 3.04. The number of hydrogen-bond acceptors (Lipinski definition) is 2. The van der Waals surface area contributed by atoms with Gasteiger partial charge in [-0.1, -0.05) is 30.3 Å². The minimum atomic E-state index is 0.651. The van der Waals surface area contributed by atoms with Gasteiger partial charge in [-0.05, 0) is 42.7 Å². The number of rotatable bonds is 4. The van der Waals surface area contributed by atoms with Crippen LogP contribution >= 0.6 is 0 Å². The zero-order valence-corrected chi connectivity index (χ0v) is 10.9. The number of benzene rings is 2. The number of hydrogen-bond donors (Lipinski definition) is 1. The summed E-state index contributed by atoms with van der Waals surface area (Å²) in [5.41, 5.74) is 10.3. The second-order valence-corrected chi connectivity index (χ2v) is 4.57. The summed E-state index contributed by atoms with van der Waals surface area (Å²) in [6.07, 6.45) is 0.833. The van der Waals surface area contributed by atoms with E-state index in [-0.39, 0.29) is 0 Å². The van der Waals surface area contributed by atoms with Crippen LogP contribution in [0.15, 0.2) is 42.5 Å². The Morgan fingerprint density at radius 1 is 1.06 bits per heavy atom. The Morgan fingerprint density at radius 2 is 1.83 bits per heavy atom. The molecule has 0 bridgehead atoms. The van der Waals surface area contributed by atoms with Crippen molar-refractivity contribution in [3.05, 3.63) is 59.2 Å². The molecule has 0 aliphatic rings. The summed E-state index contributed by atoms with van der Waals surface area (Å²) in [6.45, 7) is 4.78. The summed E-state index contributed by atoms with van der Waals surface area (Å²) < 4.78 is 5.82. The summed E-state index contributed by atoms with van der Waals surface area (Å²) in [4.78, 5) is 0. The van der Waals surface area contributed by atoms with Crippen molar-refractivity contribution in [1.29, 1.82) is 0 Å². The summed E-state index contributed by atoms with van der Waals surface area (Å²) in [5, 5.41) is 0. The molecule has 0 amide bonds. The Kier molecular flexibility index (Phi) is 3.88. The molecular formula is C16H19NO. The molecule has 0 fully saturated rings. The molecule has 0 saturated heterocycles. The highest BCUT2D eigenvalue weighted by atomic mass is 16.5. The van der Waals surface area contributed by atoms with Crippen LogP contribution < -0.4 is 10.5 Å². The standard InChI is InChI=1S/C16H19NO/c1-12-7-8-13(2)16(11-12)18-10-9-14-5-3-4-6-15(14)17/h3-8,11H,9-10,17H2,1-2H3. The lowest BCUT2D eigenvalue weighted by Gasteiger charge is -2.10. The van der Waals surface area contributed by atoms with E-state index in [9.17, 15) is 0 Å². The molecule has 2 aromatic carbocycles. The van der Waals surface area contributed by atoms with Crippen LogP contribution in [0.2, 0.25) is 0 Å². The SMILES string of the molecule is Cc1ccc(C)c(OCCc2ccccc2N)c1. The van der Waals surface area contributed by atoms with Crippen molar-refractivity contribution >= 4 is 5.69 Å². The van der Waals surface area contributed by atoms with Crippen molar-refractivity contribution in [2.45, 2.75) is 20.3 Å². The maximum Gasteiger partial charge on any atom is 0.122 e. The van der Waals surface area contributed by atoms with Crippen LogP contribution in [0.25, 0.3) is 0 Å². The van der Waals surface area contributed by atoms with Crippen LogP contribution in [0.3, 0.4) is 0 Å². The first kappa shape index (κ1) is 12.5. The first-order valence-electron chi connectivity index (χ1n) is 6.20. The van der Waals surface area contributed by atoms with Gasteiger partial charge in [-0.25, -0.2) is 0 Å². The van der Waals surface area contributed by atoms with E-state index in [4.69, 9.17) is 10.5 Å². The Morgan fingerprint density at radius 3 is 2.61 bits per heavy atom. The predicted molar refractivity (Wildman–Crippen MR) is 76.0 cm³/mol. The number of anilines is 1. The van der Waals surface area contributed by atoms with Crippen LogP contribution in [-0.2, 0) is 6.42 Å². The van der Waals surface area contributed by atoms with Crippen molar-refractivity contribution in [3.8, 4) is 5.75 Å². The van der Waals surface area contributed by atoms with E-state index in [0.29, 0.717) is 6.61 Å². The van der Waals surface area contributed by atoms with Gasteiger partial charge in [-0.3, -0.25) is 0 Å². The molecule has 0 aliphatic heterocycles. The minimum Gasteiger partial charge on any atom is -0.493 e. The van der Waals surface area contributed by atoms with Gasteiger partial charge >= 0.3 is 0 Å². The first-order chi connectivity index (χ1) is 8.66. The van der Waals surface area contributed by atoms with Gasteiger partial charge in [0, 0.05) is 12.1 Å². The van der Waals surface area contributed by atoms with E-state index in [1.165, 1.54) is 11.1 Å². The third-order valence-electron chi connectivity index (χ3n) is 3.03. The molecule has 2 nitrogen and oxygen atoms in total. The fourth-order valence-corrected chi connectivity index (χ4v) is 1.90. The van der Waals surface area contributed by atoms with E-state index in [1.807, 2.05) is 24.3 Å². The zero-order chi connectivity index (χ0) is 13.0. The highest BCUT2D eigenvalue weighted by Gasteiger charge is 2.01. The van der Waals surface area contributed by atoms with Gasteiger partial charge in [0.25, 0.3) is 0 Å². The normalized spacial score (nSPS) is 10.3. The largest absolute Gasteiger partial charge is 0.493 e. The lowest BCUT2D eigenvalue weighted by atomic mass is 10.1. The molecule has 0 heterocycles. The van der Waals surface area contributed by atoms with Gasteiger partial charge in [-0.15, -0.1) is 0 Å². The Labute approximate surface area is 108 Å². The van der Waals surface area contributed by atoms with E-state index >= 15 is 0 Å². The van der Waals surface area contributed by atoms with E-state index in [0.717, 1.165) is 23.4 Å². The monoisotopic (exact) mass is 241 g/mol. The molecule has 18 heavy (non-hydrogen) atoms. The molecule has 2 N–H and O–H groups in total. The van der Waals surface area contributed by atoms with Crippen molar-refractivity contribution in [2.24, 2.45) is 0 Å². The lowest BCUT2D eigenvalue weighted by molar-refractivity contribution is 0.320. The second kappa shape index (κ2) is 5.58. The first-order valence-corrected chi connectivity index (χ1v) is 6.20. The average Bonchev–Trinajstić information content (AvgIpc) is 2.36. The average molecular weight is 241 g/mol. The molecule has 0 unspecified atom stereocenters. The van der Waals surface area contributed by atoms with Crippen LogP contribution in [0, 0.1) is 13.8 Å². The molecule has 0 aromatic heterocycles. The molecule has 2 heteroatoms. The third-order valence-corrected chi connectivity index (χ3v) is 3.03. The number of aryl methyl sites for hydroxylation is 2. The highest BCUT2D eigenvalue weighted by molar-refractivity contribution is 5.46. The maximum absolute atomic E-state index is 5.90. The molecule has 0 radical (unpaired) electrons. The molecule has 2 aromatic rings. The van der Waals surface area contributed by atoms with Gasteiger partial charge in [0.15, 0.2) is 0 Å². The number of ether oxygens (including phenoxy) is 1. The van der Waals surface area contributed by atoms with Crippen LogP contribution in [-0.4, -0.2) is 6.61 Å². The summed E-state index contributed by atoms with van der Waals surface area (Å²) in [7, 11) is 0. The fourth-order valence-electron chi connectivity index (χ4n) is 1.90. The van der Waals surface area contributed by atoms with Crippen LogP contribution in [0.5, 0.6) is 5.75 Å². The molecule has 2 rings (SSSR count). The molecular weight excluding hydrogens is 222 g/mol. The van der Waals surface area contributed by atoms with Crippen molar-refractivity contribution in [3.63, 3.8) is 0 Å². The zero-order valence-electron chi connectivity index (χ0n) is 10.9. The second-order valence-electron chi connectivity index (χ2n) is 4.57. The molecule has 0 aliphatic carbocycles. The highest BCUT2D eigenvalue weighted by Crippen LogP contribution is 2.19.